The first kappa shape index (κ1) is 18.0. The SMILES string of the molecule is C[C@@H]1CN(c2cc(C3NNC4CCC(c5cnn(C)c5)CC43)ncn2)CCO1. The van der Waals surface area contributed by atoms with Crippen molar-refractivity contribution in [2.45, 2.75) is 50.3 Å². The summed E-state index contributed by atoms with van der Waals surface area (Å²) < 4.78 is 7.58. The number of hydrogen-bond acceptors (Lipinski definition) is 7. The molecule has 3 aliphatic rings. The zero-order chi connectivity index (χ0) is 19.1. The van der Waals surface area contributed by atoms with Gasteiger partial charge >= 0.3 is 0 Å². The molecule has 0 aromatic carbocycles. The van der Waals surface area contributed by atoms with Crippen LogP contribution in [0.1, 0.15) is 49.4 Å². The minimum absolute atomic E-state index is 0.213. The predicted octanol–water partition coefficient (Wildman–Crippen LogP) is 1.54. The number of aromatic nitrogens is 4. The van der Waals surface area contributed by atoms with Gasteiger partial charge in [0.25, 0.3) is 0 Å². The summed E-state index contributed by atoms with van der Waals surface area (Å²) in [5.41, 5.74) is 9.49. The van der Waals surface area contributed by atoms with Gasteiger partial charge in [0, 0.05) is 38.4 Å². The smallest absolute Gasteiger partial charge is 0.132 e. The van der Waals surface area contributed by atoms with E-state index in [0.717, 1.165) is 37.6 Å². The van der Waals surface area contributed by atoms with Crippen LogP contribution >= 0.6 is 0 Å². The number of aryl methyl sites for hydroxylation is 1. The quantitative estimate of drug-likeness (QED) is 0.832. The number of hydrazine groups is 1. The fraction of sp³-hybridized carbons (Fsp3) is 0.650. The maximum absolute atomic E-state index is 5.67. The normalized spacial score (nSPS) is 33.1. The number of fused-ring (bicyclic) bond motifs is 1. The molecule has 0 spiro atoms. The van der Waals surface area contributed by atoms with Crippen molar-refractivity contribution < 1.29 is 4.74 Å². The average Bonchev–Trinajstić information content (AvgIpc) is 3.34. The Morgan fingerprint density at radius 1 is 1.21 bits per heavy atom. The maximum Gasteiger partial charge on any atom is 0.132 e. The van der Waals surface area contributed by atoms with Gasteiger partial charge in [-0.05, 0) is 43.6 Å². The zero-order valence-corrected chi connectivity index (χ0v) is 16.6. The molecule has 5 rings (SSSR count). The van der Waals surface area contributed by atoms with Crippen LogP contribution in [0.4, 0.5) is 5.82 Å². The van der Waals surface area contributed by atoms with E-state index in [-0.39, 0.29) is 12.1 Å². The highest BCUT2D eigenvalue weighted by Gasteiger charge is 2.42. The fourth-order valence-electron chi connectivity index (χ4n) is 5.03. The van der Waals surface area contributed by atoms with Gasteiger partial charge in [0.2, 0.25) is 0 Å². The third kappa shape index (κ3) is 3.40. The molecule has 0 bridgehead atoms. The fourth-order valence-corrected chi connectivity index (χ4v) is 5.03. The molecule has 1 aliphatic carbocycles. The summed E-state index contributed by atoms with van der Waals surface area (Å²) in [6.45, 7) is 4.62. The van der Waals surface area contributed by atoms with Gasteiger partial charge in [0.15, 0.2) is 0 Å². The van der Waals surface area contributed by atoms with Crippen molar-refractivity contribution in [1.29, 1.82) is 0 Å². The first-order chi connectivity index (χ1) is 13.7. The molecule has 2 aromatic heterocycles. The van der Waals surface area contributed by atoms with Crippen LogP contribution < -0.4 is 15.8 Å². The van der Waals surface area contributed by atoms with Gasteiger partial charge < -0.3 is 9.64 Å². The molecule has 0 amide bonds. The highest BCUT2D eigenvalue weighted by molar-refractivity contribution is 5.40. The molecule has 5 atom stereocenters. The molecule has 150 valence electrons. The molecule has 3 fully saturated rings. The lowest BCUT2D eigenvalue weighted by molar-refractivity contribution is 0.0529. The Balaban J connectivity index is 1.35. The Labute approximate surface area is 165 Å². The molecule has 2 aliphatic heterocycles. The second-order valence-corrected chi connectivity index (χ2v) is 8.42. The number of rotatable bonds is 3. The second kappa shape index (κ2) is 7.42. The summed E-state index contributed by atoms with van der Waals surface area (Å²) in [6.07, 6.45) is 9.66. The third-order valence-electron chi connectivity index (χ3n) is 6.51. The van der Waals surface area contributed by atoms with Crippen molar-refractivity contribution in [3.8, 4) is 0 Å². The molecular formula is C20H29N7O. The van der Waals surface area contributed by atoms with Crippen LogP contribution in [0.3, 0.4) is 0 Å². The van der Waals surface area contributed by atoms with Crippen LogP contribution in [0.5, 0.6) is 0 Å². The molecule has 4 heterocycles. The first-order valence-electron chi connectivity index (χ1n) is 10.4. The van der Waals surface area contributed by atoms with Crippen molar-refractivity contribution >= 4 is 5.82 Å². The molecule has 2 N–H and O–H groups in total. The molecule has 2 saturated heterocycles. The Kier molecular flexibility index (Phi) is 4.78. The third-order valence-corrected chi connectivity index (χ3v) is 6.51. The van der Waals surface area contributed by atoms with Crippen LogP contribution in [-0.4, -0.2) is 51.6 Å². The monoisotopic (exact) mass is 383 g/mol. The van der Waals surface area contributed by atoms with Gasteiger partial charge in [-0.25, -0.2) is 15.4 Å². The summed E-state index contributed by atoms with van der Waals surface area (Å²) in [7, 11) is 1.99. The topological polar surface area (TPSA) is 80.1 Å². The van der Waals surface area contributed by atoms with E-state index in [1.807, 2.05) is 17.9 Å². The van der Waals surface area contributed by atoms with E-state index in [0.29, 0.717) is 17.9 Å². The van der Waals surface area contributed by atoms with E-state index in [1.165, 1.54) is 18.4 Å². The van der Waals surface area contributed by atoms with Gasteiger partial charge in [-0.1, -0.05) is 0 Å². The van der Waals surface area contributed by atoms with Gasteiger partial charge in [-0.2, -0.15) is 5.10 Å². The lowest BCUT2D eigenvalue weighted by Gasteiger charge is -2.33. The highest BCUT2D eigenvalue weighted by atomic mass is 16.5. The second-order valence-electron chi connectivity index (χ2n) is 8.42. The van der Waals surface area contributed by atoms with Crippen molar-refractivity contribution in [2.75, 3.05) is 24.6 Å². The van der Waals surface area contributed by atoms with E-state index in [1.54, 1.807) is 6.33 Å². The molecule has 8 heteroatoms. The number of hydrogen-bond donors (Lipinski definition) is 2. The standard InChI is InChI=1S/C20H29N7O/c1-13-10-27(5-6-28-13)19-8-18(21-12-22-19)20-16-7-14(3-4-17(16)24-25-20)15-9-23-26(2)11-15/h8-9,11-14,16-17,20,24-25H,3-7,10H2,1-2H3/t13-,14?,16?,17?,20?/m1/s1. The number of anilines is 1. The molecular weight excluding hydrogens is 354 g/mol. The van der Waals surface area contributed by atoms with Crippen molar-refractivity contribution in [2.24, 2.45) is 13.0 Å². The van der Waals surface area contributed by atoms with E-state index < -0.39 is 0 Å². The van der Waals surface area contributed by atoms with Crippen molar-refractivity contribution in [3.05, 3.63) is 36.0 Å². The molecule has 4 unspecified atom stereocenters. The van der Waals surface area contributed by atoms with Crippen LogP contribution in [0.25, 0.3) is 0 Å². The number of morpholine rings is 1. The number of nitrogens with zero attached hydrogens (tertiary/aromatic N) is 5. The van der Waals surface area contributed by atoms with Crippen LogP contribution in [-0.2, 0) is 11.8 Å². The van der Waals surface area contributed by atoms with Crippen molar-refractivity contribution in [1.82, 2.24) is 30.6 Å². The summed E-state index contributed by atoms with van der Waals surface area (Å²) >= 11 is 0. The summed E-state index contributed by atoms with van der Waals surface area (Å²) in [5, 5.41) is 4.37. The van der Waals surface area contributed by atoms with E-state index in [2.05, 4.69) is 50.0 Å². The first-order valence-corrected chi connectivity index (χ1v) is 10.4. The molecule has 2 aromatic rings. The largest absolute Gasteiger partial charge is 0.375 e. The molecule has 0 radical (unpaired) electrons. The van der Waals surface area contributed by atoms with Gasteiger partial charge in [-0.15, -0.1) is 0 Å². The number of ether oxygens (including phenoxy) is 1. The van der Waals surface area contributed by atoms with Gasteiger partial charge in [0.05, 0.1) is 30.6 Å². The Morgan fingerprint density at radius 3 is 2.96 bits per heavy atom. The van der Waals surface area contributed by atoms with Crippen LogP contribution in [0, 0.1) is 5.92 Å². The van der Waals surface area contributed by atoms with E-state index in [4.69, 9.17) is 4.74 Å². The predicted molar refractivity (Wildman–Crippen MR) is 106 cm³/mol. The minimum atomic E-state index is 0.213. The lowest BCUT2D eigenvalue weighted by atomic mass is 9.73. The lowest BCUT2D eigenvalue weighted by Crippen LogP contribution is -2.41. The Morgan fingerprint density at radius 2 is 2.14 bits per heavy atom. The van der Waals surface area contributed by atoms with Gasteiger partial charge in [0.1, 0.15) is 12.1 Å². The van der Waals surface area contributed by atoms with Crippen LogP contribution in [0.15, 0.2) is 24.8 Å². The van der Waals surface area contributed by atoms with E-state index in [9.17, 15) is 0 Å². The Bertz CT molecular complexity index is 824. The minimum Gasteiger partial charge on any atom is -0.375 e. The summed E-state index contributed by atoms with van der Waals surface area (Å²) in [6, 6.07) is 2.87. The Hall–Kier alpha value is -2.03. The van der Waals surface area contributed by atoms with Crippen LogP contribution in [0.2, 0.25) is 0 Å². The molecule has 8 nitrogen and oxygen atoms in total. The summed E-state index contributed by atoms with van der Waals surface area (Å²) in [5.74, 6) is 2.09. The highest BCUT2D eigenvalue weighted by Crippen LogP contribution is 2.43. The zero-order valence-electron chi connectivity index (χ0n) is 16.6. The average molecular weight is 384 g/mol. The maximum atomic E-state index is 5.67. The molecule has 1 saturated carbocycles. The summed E-state index contributed by atoms with van der Waals surface area (Å²) in [4.78, 5) is 11.5. The van der Waals surface area contributed by atoms with Gasteiger partial charge in [-0.3, -0.25) is 10.1 Å². The number of nitrogens with one attached hydrogen (secondary N) is 2. The van der Waals surface area contributed by atoms with Crippen molar-refractivity contribution in [3.63, 3.8) is 0 Å². The van der Waals surface area contributed by atoms with E-state index >= 15 is 0 Å². The molecule has 28 heavy (non-hydrogen) atoms.